The molecule has 8 nitrogen and oxygen atoms in total. The lowest BCUT2D eigenvalue weighted by molar-refractivity contribution is 0.0532. The molecule has 2 aliphatic heterocycles. The second-order valence-electron chi connectivity index (χ2n) is 3.96. The van der Waals surface area contributed by atoms with Crippen LogP contribution in [0.1, 0.15) is 0 Å². The minimum atomic E-state index is -0.486. The van der Waals surface area contributed by atoms with Crippen LogP contribution in [0.3, 0.4) is 0 Å². The van der Waals surface area contributed by atoms with Crippen molar-refractivity contribution in [1.29, 1.82) is 0 Å². The molecule has 0 aliphatic carbocycles. The Morgan fingerprint density at radius 3 is 1.39 bits per heavy atom. The van der Waals surface area contributed by atoms with Gasteiger partial charge in [-0.3, -0.25) is 0 Å². The summed E-state index contributed by atoms with van der Waals surface area (Å²) in [5.74, 6) is 0. The van der Waals surface area contributed by atoms with E-state index in [-0.39, 0.29) is 0 Å². The number of rotatable bonds is 0. The molecule has 0 bridgehead atoms. The fraction of sp³-hybridized carbons (Fsp3) is 0.800. The minimum absolute atomic E-state index is 0.486. The average Bonchev–Trinajstić information content (AvgIpc) is 2.46. The van der Waals surface area contributed by atoms with E-state index < -0.39 is 12.1 Å². The Morgan fingerprint density at radius 2 is 1.06 bits per heavy atom. The summed E-state index contributed by atoms with van der Waals surface area (Å²) in [5.41, 5.74) is 0. The monoisotopic (exact) mass is 256 g/mol. The molecular weight excluding hydrogens is 240 g/mol. The molecule has 0 unspecified atom stereocenters. The molecule has 8 heteroatoms. The first-order chi connectivity index (χ1) is 8.77. The van der Waals surface area contributed by atoms with Gasteiger partial charge in [0.05, 0.1) is 26.4 Å². The molecule has 0 spiro atoms. The average molecular weight is 256 g/mol. The number of hydrogen-bond donors (Lipinski definition) is 0. The Bertz CT molecular complexity index is 303. The normalized spacial score (nSPS) is 21.3. The molecule has 0 atom stereocenters. The zero-order chi connectivity index (χ0) is 12.8. The summed E-state index contributed by atoms with van der Waals surface area (Å²) in [4.78, 5) is 26.2. The van der Waals surface area contributed by atoms with E-state index >= 15 is 0 Å². The lowest BCUT2D eigenvalue weighted by atomic mass is 10.4. The van der Waals surface area contributed by atoms with E-state index in [4.69, 9.17) is 9.47 Å². The summed E-state index contributed by atoms with van der Waals surface area (Å²) in [5, 5.41) is 6.89. The number of amides is 4. The third-order valence-corrected chi connectivity index (χ3v) is 2.78. The molecule has 2 rings (SSSR count). The number of carbonyl (C=O) groups is 2. The SMILES string of the molecule is O=C(/N=N\C(=O)N1CCOCC1)N1CCOCC1. The van der Waals surface area contributed by atoms with Crippen LogP contribution in [0.4, 0.5) is 9.59 Å². The van der Waals surface area contributed by atoms with Crippen molar-refractivity contribution in [3.8, 4) is 0 Å². The van der Waals surface area contributed by atoms with Crippen LogP contribution in [0.25, 0.3) is 0 Å². The topological polar surface area (TPSA) is 83.8 Å². The first-order valence-corrected chi connectivity index (χ1v) is 5.92. The van der Waals surface area contributed by atoms with Crippen molar-refractivity contribution in [3.63, 3.8) is 0 Å². The highest BCUT2D eigenvalue weighted by Gasteiger charge is 2.19. The van der Waals surface area contributed by atoms with E-state index in [1.54, 1.807) is 0 Å². The van der Waals surface area contributed by atoms with Gasteiger partial charge in [-0.25, -0.2) is 9.59 Å². The van der Waals surface area contributed by atoms with Crippen LogP contribution < -0.4 is 0 Å². The molecule has 4 amide bonds. The molecule has 0 aromatic rings. The Labute approximate surface area is 105 Å². The van der Waals surface area contributed by atoms with Crippen molar-refractivity contribution < 1.29 is 19.1 Å². The number of ether oxygens (including phenoxy) is 2. The van der Waals surface area contributed by atoms with Crippen molar-refractivity contribution in [1.82, 2.24) is 9.80 Å². The molecule has 0 N–H and O–H groups in total. The van der Waals surface area contributed by atoms with Gasteiger partial charge in [-0.2, -0.15) is 0 Å². The Kier molecular flexibility index (Phi) is 4.59. The van der Waals surface area contributed by atoms with E-state index in [1.807, 2.05) is 0 Å². The highest BCUT2D eigenvalue weighted by molar-refractivity contribution is 5.79. The maximum Gasteiger partial charge on any atom is 0.362 e. The quantitative estimate of drug-likeness (QED) is 0.585. The van der Waals surface area contributed by atoms with Gasteiger partial charge < -0.3 is 19.3 Å². The molecule has 2 aliphatic rings. The minimum Gasteiger partial charge on any atom is -0.378 e. The lowest BCUT2D eigenvalue weighted by Gasteiger charge is -2.25. The van der Waals surface area contributed by atoms with Crippen LogP contribution in [0.2, 0.25) is 0 Å². The first-order valence-electron chi connectivity index (χ1n) is 5.92. The number of morpholine rings is 2. The largest absolute Gasteiger partial charge is 0.378 e. The number of carbonyl (C=O) groups excluding carboxylic acids is 2. The molecular formula is C10H16N4O4. The zero-order valence-electron chi connectivity index (χ0n) is 10.1. The molecule has 0 saturated carbocycles. The van der Waals surface area contributed by atoms with Gasteiger partial charge in [-0.15, -0.1) is 0 Å². The van der Waals surface area contributed by atoms with Crippen molar-refractivity contribution >= 4 is 12.1 Å². The van der Waals surface area contributed by atoms with Gasteiger partial charge in [-0.1, -0.05) is 10.2 Å². The number of azo groups is 1. The van der Waals surface area contributed by atoms with E-state index in [9.17, 15) is 9.59 Å². The summed E-state index contributed by atoms with van der Waals surface area (Å²) in [7, 11) is 0. The maximum atomic E-state index is 11.6. The van der Waals surface area contributed by atoms with Gasteiger partial charge >= 0.3 is 12.1 Å². The summed E-state index contributed by atoms with van der Waals surface area (Å²) in [6, 6.07) is -0.972. The number of hydrogen-bond acceptors (Lipinski definition) is 4. The predicted octanol–water partition coefficient (Wildman–Crippen LogP) is 0.343. The van der Waals surface area contributed by atoms with E-state index in [1.165, 1.54) is 9.80 Å². The Morgan fingerprint density at radius 1 is 0.722 bits per heavy atom. The van der Waals surface area contributed by atoms with Gasteiger partial charge in [0, 0.05) is 26.2 Å². The zero-order valence-corrected chi connectivity index (χ0v) is 10.1. The Hall–Kier alpha value is -1.54. The molecule has 0 aromatic heterocycles. The summed E-state index contributed by atoms with van der Waals surface area (Å²) >= 11 is 0. The van der Waals surface area contributed by atoms with Crippen molar-refractivity contribution in [2.24, 2.45) is 10.2 Å². The highest BCUT2D eigenvalue weighted by atomic mass is 16.5. The predicted molar refractivity (Wildman–Crippen MR) is 60.4 cm³/mol. The standard InChI is InChI=1S/C10H16N4O4/c15-9(13-1-5-17-6-2-13)11-12-10(16)14-3-7-18-8-4-14/h1-8H2/b12-11-. The molecule has 100 valence electrons. The molecule has 0 aromatic carbocycles. The molecule has 2 fully saturated rings. The third-order valence-electron chi connectivity index (χ3n) is 2.78. The van der Waals surface area contributed by atoms with Crippen molar-refractivity contribution in [2.75, 3.05) is 52.6 Å². The first kappa shape index (κ1) is 12.9. The third kappa shape index (κ3) is 3.47. The summed E-state index contributed by atoms with van der Waals surface area (Å²) in [6.07, 6.45) is 0. The molecule has 18 heavy (non-hydrogen) atoms. The second kappa shape index (κ2) is 6.41. The van der Waals surface area contributed by atoms with E-state index in [2.05, 4.69) is 10.2 Å². The van der Waals surface area contributed by atoms with Gasteiger partial charge in [-0.05, 0) is 0 Å². The van der Waals surface area contributed by atoms with Gasteiger partial charge in [0.15, 0.2) is 0 Å². The summed E-state index contributed by atoms with van der Waals surface area (Å²) < 4.78 is 10.2. The smallest absolute Gasteiger partial charge is 0.362 e. The number of nitrogens with zero attached hydrogens (tertiary/aromatic N) is 4. The maximum absolute atomic E-state index is 11.6. The van der Waals surface area contributed by atoms with Crippen LogP contribution in [0, 0.1) is 0 Å². The van der Waals surface area contributed by atoms with Crippen LogP contribution in [0.5, 0.6) is 0 Å². The lowest BCUT2D eigenvalue weighted by Crippen LogP contribution is -2.40. The van der Waals surface area contributed by atoms with E-state index in [0.29, 0.717) is 52.6 Å². The molecule has 0 radical (unpaired) electrons. The molecule has 2 saturated heterocycles. The van der Waals surface area contributed by atoms with Gasteiger partial charge in [0.2, 0.25) is 0 Å². The van der Waals surface area contributed by atoms with Crippen LogP contribution in [-0.2, 0) is 9.47 Å². The van der Waals surface area contributed by atoms with Crippen molar-refractivity contribution in [2.45, 2.75) is 0 Å². The highest BCUT2D eigenvalue weighted by Crippen LogP contribution is 2.03. The second-order valence-corrected chi connectivity index (χ2v) is 3.96. The van der Waals surface area contributed by atoms with Gasteiger partial charge in [0.25, 0.3) is 0 Å². The van der Waals surface area contributed by atoms with Crippen LogP contribution >= 0.6 is 0 Å². The summed E-state index contributed by atoms with van der Waals surface area (Å²) in [6.45, 7) is 3.95. The fourth-order valence-corrected chi connectivity index (χ4v) is 1.72. The molecule has 2 heterocycles. The van der Waals surface area contributed by atoms with Crippen LogP contribution in [0.15, 0.2) is 10.2 Å². The van der Waals surface area contributed by atoms with Crippen molar-refractivity contribution in [3.05, 3.63) is 0 Å². The van der Waals surface area contributed by atoms with E-state index in [0.717, 1.165) is 0 Å². The van der Waals surface area contributed by atoms with Crippen LogP contribution in [-0.4, -0.2) is 74.5 Å². The number of urea groups is 2. The Balaban J connectivity index is 1.81. The van der Waals surface area contributed by atoms with Gasteiger partial charge in [0.1, 0.15) is 0 Å². The fourth-order valence-electron chi connectivity index (χ4n) is 1.72.